The van der Waals surface area contributed by atoms with Crippen molar-refractivity contribution in [3.8, 4) is 0 Å². The monoisotopic (exact) mass is 451 g/mol. The molecule has 2 aromatic carbocycles. The minimum Gasteiger partial charge on any atom is -0.312 e. The Balaban J connectivity index is 2.11. The number of sulfone groups is 1. The molecule has 0 aliphatic rings. The summed E-state index contributed by atoms with van der Waals surface area (Å²) in [5.41, 5.74) is 0.909. The number of allylic oxidation sites excluding steroid dienone is 1. The van der Waals surface area contributed by atoms with Crippen LogP contribution in [0.1, 0.15) is 10.4 Å². The number of rotatable bonds is 5. The molecule has 0 bridgehead atoms. The van der Waals surface area contributed by atoms with Crippen LogP contribution in [0.25, 0.3) is 10.2 Å². The number of carbonyl (C=O) groups excluding carboxylic acids is 1. The van der Waals surface area contributed by atoms with Gasteiger partial charge >= 0.3 is 0 Å². The number of benzene rings is 2. The molecule has 0 saturated heterocycles. The summed E-state index contributed by atoms with van der Waals surface area (Å²) < 4.78 is 48.6. The largest absolute Gasteiger partial charge is 0.312 e. The average Bonchev–Trinajstić information content (AvgIpc) is 2.97. The van der Waals surface area contributed by atoms with Gasteiger partial charge in [-0.3, -0.25) is 4.79 Å². The van der Waals surface area contributed by atoms with E-state index in [0.717, 1.165) is 17.6 Å². The number of aromatic nitrogens is 1. The van der Waals surface area contributed by atoms with E-state index in [4.69, 9.17) is 5.14 Å². The summed E-state index contributed by atoms with van der Waals surface area (Å²) in [6.45, 7) is 4.05. The Bertz CT molecular complexity index is 1400. The van der Waals surface area contributed by atoms with Gasteiger partial charge in [-0.1, -0.05) is 17.4 Å². The maximum Gasteiger partial charge on any atom is 0.279 e. The van der Waals surface area contributed by atoms with Crippen molar-refractivity contribution in [1.29, 1.82) is 0 Å². The Morgan fingerprint density at radius 1 is 1.14 bits per heavy atom. The molecule has 0 fully saturated rings. The third kappa shape index (κ3) is 4.53. The zero-order valence-electron chi connectivity index (χ0n) is 15.3. The molecule has 8 nitrogen and oxygen atoms in total. The van der Waals surface area contributed by atoms with Crippen molar-refractivity contribution in [2.45, 2.75) is 16.3 Å². The minimum absolute atomic E-state index is 0.0359. The van der Waals surface area contributed by atoms with Gasteiger partial charge < -0.3 is 4.57 Å². The van der Waals surface area contributed by atoms with Crippen LogP contribution in [-0.4, -0.2) is 33.6 Å². The number of hydrogen-bond donors (Lipinski definition) is 1. The predicted octanol–water partition coefficient (Wildman–Crippen LogP) is 1.68. The Morgan fingerprint density at radius 3 is 2.31 bits per heavy atom. The lowest BCUT2D eigenvalue weighted by molar-refractivity contribution is 0.0997. The molecule has 0 saturated carbocycles. The second kappa shape index (κ2) is 7.67. The van der Waals surface area contributed by atoms with Crippen molar-refractivity contribution < 1.29 is 21.6 Å². The van der Waals surface area contributed by atoms with Crippen LogP contribution in [0, 0.1) is 0 Å². The van der Waals surface area contributed by atoms with Crippen molar-refractivity contribution in [3.63, 3.8) is 0 Å². The molecule has 1 amide bonds. The summed E-state index contributed by atoms with van der Waals surface area (Å²) in [6.07, 6.45) is 2.71. The fourth-order valence-corrected chi connectivity index (χ4v) is 4.94. The molecule has 29 heavy (non-hydrogen) atoms. The van der Waals surface area contributed by atoms with Gasteiger partial charge in [-0.15, -0.1) is 6.58 Å². The highest BCUT2D eigenvalue weighted by atomic mass is 32.2. The van der Waals surface area contributed by atoms with Gasteiger partial charge in [0.2, 0.25) is 10.0 Å². The molecule has 3 aromatic rings. The zero-order valence-corrected chi connectivity index (χ0v) is 17.7. The Morgan fingerprint density at radius 2 is 1.76 bits per heavy atom. The van der Waals surface area contributed by atoms with Crippen molar-refractivity contribution >= 4 is 47.3 Å². The van der Waals surface area contributed by atoms with Gasteiger partial charge in [0.05, 0.1) is 20.0 Å². The first-order chi connectivity index (χ1) is 13.5. The van der Waals surface area contributed by atoms with Crippen LogP contribution in [0.4, 0.5) is 0 Å². The Kier molecular flexibility index (Phi) is 5.59. The normalized spacial score (nSPS) is 13.0. The van der Waals surface area contributed by atoms with Crippen molar-refractivity contribution in [3.05, 3.63) is 65.5 Å². The summed E-state index contributed by atoms with van der Waals surface area (Å²) >= 11 is 1.14. The Labute approximate surface area is 171 Å². The average molecular weight is 452 g/mol. The van der Waals surface area contributed by atoms with Crippen LogP contribution in [0.3, 0.4) is 0 Å². The van der Waals surface area contributed by atoms with Gasteiger partial charge in [-0.25, -0.2) is 22.0 Å². The molecule has 0 unspecified atom stereocenters. The third-order valence-corrected chi connectivity index (χ3v) is 7.10. The molecular formula is C18H17N3O5S3. The summed E-state index contributed by atoms with van der Waals surface area (Å²) in [7, 11) is -7.23. The van der Waals surface area contributed by atoms with E-state index in [2.05, 4.69) is 11.6 Å². The number of carbonyl (C=O) groups is 1. The highest BCUT2D eigenvalue weighted by Crippen LogP contribution is 2.21. The molecule has 0 aliphatic carbocycles. The van der Waals surface area contributed by atoms with Crippen molar-refractivity contribution in [2.24, 2.45) is 10.1 Å². The van der Waals surface area contributed by atoms with Crippen LogP contribution in [0.2, 0.25) is 0 Å². The molecule has 0 radical (unpaired) electrons. The second-order valence-corrected chi connectivity index (χ2v) is 10.8. The summed E-state index contributed by atoms with van der Waals surface area (Å²) in [4.78, 5) is 17.1. The first-order valence-electron chi connectivity index (χ1n) is 8.17. The van der Waals surface area contributed by atoms with Gasteiger partial charge in [-0.2, -0.15) is 4.99 Å². The molecule has 0 aliphatic heterocycles. The number of hydrogen-bond acceptors (Lipinski definition) is 6. The maximum atomic E-state index is 12.6. The lowest BCUT2D eigenvalue weighted by atomic mass is 10.2. The van der Waals surface area contributed by atoms with Crippen LogP contribution in [0.5, 0.6) is 0 Å². The van der Waals surface area contributed by atoms with E-state index < -0.39 is 25.8 Å². The van der Waals surface area contributed by atoms with E-state index in [0.29, 0.717) is 21.6 Å². The molecule has 0 spiro atoms. The lowest BCUT2D eigenvalue weighted by Crippen LogP contribution is -2.16. The van der Waals surface area contributed by atoms with E-state index in [1.807, 2.05) is 0 Å². The topological polar surface area (TPSA) is 129 Å². The molecule has 11 heteroatoms. The number of primary sulfonamides is 1. The lowest BCUT2D eigenvalue weighted by Gasteiger charge is -2.02. The molecule has 1 aromatic heterocycles. The van der Waals surface area contributed by atoms with Gasteiger partial charge in [0, 0.05) is 18.4 Å². The minimum atomic E-state index is -3.86. The number of amides is 1. The standard InChI is InChI=1S/C18H17N3O5S3/c1-3-10-21-15-9-8-14(29(19,25)26)11-16(15)27-18(21)20-17(22)12-4-6-13(7-5-12)28(2,23)24/h3-9,11H,1,10H2,2H3,(H2,19,25,26). The SMILES string of the molecule is C=CCn1c(=NC(=O)c2ccc(S(C)(=O)=O)cc2)sc2cc(S(N)(=O)=O)ccc21. The molecule has 152 valence electrons. The van der Waals surface area contributed by atoms with E-state index >= 15 is 0 Å². The van der Waals surface area contributed by atoms with Gasteiger partial charge in [0.15, 0.2) is 14.6 Å². The van der Waals surface area contributed by atoms with Crippen molar-refractivity contribution in [2.75, 3.05) is 6.26 Å². The number of thiazole rings is 1. The van der Waals surface area contributed by atoms with Gasteiger partial charge in [0.25, 0.3) is 5.91 Å². The van der Waals surface area contributed by atoms with Crippen LogP contribution >= 0.6 is 11.3 Å². The number of nitrogens with two attached hydrogens (primary N) is 1. The highest BCUT2D eigenvalue weighted by molar-refractivity contribution is 7.90. The summed E-state index contributed by atoms with van der Waals surface area (Å²) in [6, 6.07) is 9.90. The quantitative estimate of drug-likeness (QED) is 0.590. The number of nitrogens with zero attached hydrogens (tertiary/aromatic N) is 2. The number of sulfonamides is 1. The first kappa shape index (κ1) is 21.1. The smallest absolute Gasteiger partial charge is 0.279 e. The Hall–Kier alpha value is -2.60. The zero-order chi connectivity index (χ0) is 21.4. The fraction of sp³-hybridized carbons (Fsp3) is 0.111. The molecule has 2 N–H and O–H groups in total. The van der Waals surface area contributed by atoms with Crippen LogP contribution in [0.15, 0.2) is 69.9 Å². The van der Waals surface area contributed by atoms with Crippen molar-refractivity contribution in [1.82, 2.24) is 4.57 Å². The van der Waals surface area contributed by atoms with Crippen LogP contribution in [-0.2, 0) is 26.4 Å². The van der Waals surface area contributed by atoms with E-state index in [1.165, 1.54) is 36.4 Å². The maximum absolute atomic E-state index is 12.6. The van der Waals surface area contributed by atoms with E-state index in [1.54, 1.807) is 16.7 Å². The van der Waals surface area contributed by atoms with Crippen LogP contribution < -0.4 is 9.94 Å². The molecular weight excluding hydrogens is 434 g/mol. The summed E-state index contributed by atoms with van der Waals surface area (Å²) in [5, 5.41) is 5.18. The van der Waals surface area contributed by atoms with Gasteiger partial charge in [-0.05, 0) is 42.5 Å². The summed E-state index contributed by atoms with van der Waals surface area (Å²) in [5.74, 6) is -0.555. The van der Waals surface area contributed by atoms with E-state index in [9.17, 15) is 21.6 Å². The fourth-order valence-electron chi connectivity index (χ4n) is 2.62. The second-order valence-electron chi connectivity index (χ2n) is 6.17. The highest BCUT2D eigenvalue weighted by Gasteiger charge is 2.14. The first-order valence-corrected chi connectivity index (χ1v) is 12.4. The molecule has 3 rings (SSSR count). The third-order valence-electron chi connectivity index (χ3n) is 4.02. The predicted molar refractivity (Wildman–Crippen MR) is 111 cm³/mol. The molecule has 1 heterocycles. The number of fused-ring (bicyclic) bond motifs is 1. The van der Waals surface area contributed by atoms with Gasteiger partial charge in [0.1, 0.15) is 0 Å². The molecule has 0 atom stereocenters. The van der Waals surface area contributed by atoms with E-state index in [-0.39, 0.29) is 15.4 Å².